The molecule has 0 fully saturated rings. The quantitative estimate of drug-likeness (QED) is 0.761. The van der Waals surface area contributed by atoms with Crippen LogP contribution < -0.4 is 20.5 Å². The Labute approximate surface area is 107 Å². The van der Waals surface area contributed by atoms with E-state index in [4.69, 9.17) is 15.2 Å². The molecule has 1 aromatic carbocycles. The van der Waals surface area contributed by atoms with Crippen molar-refractivity contribution in [3.8, 4) is 11.5 Å². The Balaban J connectivity index is 2.70. The number of carbonyl (C=O) groups excluding carboxylic acids is 1. The molecule has 0 bridgehead atoms. The maximum Gasteiger partial charge on any atom is 0.234 e. The van der Waals surface area contributed by atoms with E-state index >= 15 is 0 Å². The lowest BCUT2D eigenvalue weighted by Gasteiger charge is -2.13. The number of rotatable bonds is 7. The Kier molecular flexibility index (Phi) is 5.45. The van der Waals surface area contributed by atoms with Gasteiger partial charge in [0.2, 0.25) is 5.91 Å². The fourth-order valence-electron chi connectivity index (χ4n) is 1.47. The average Bonchev–Trinajstić information content (AvgIpc) is 2.37. The van der Waals surface area contributed by atoms with E-state index in [1.54, 1.807) is 14.0 Å². The summed E-state index contributed by atoms with van der Waals surface area (Å²) in [5.41, 5.74) is 6.18. The van der Waals surface area contributed by atoms with E-state index in [0.717, 1.165) is 5.56 Å². The lowest BCUT2D eigenvalue weighted by atomic mass is 10.2. The van der Waals surface area contributed by atoms with Gasteiger partial charge >= 0.3 is 0 Å². The number of nitrogens with one attached hydrogen (secondary N) is 1. The molecule has 18 heavy (non-hydrogen) atoms. The van der Waals surface area contributed by atoms with Crippen LogP contribution in [0.5, 0.6) is 11.5 Å². The smallest absolute Gasteiger partial charge is 0.234 e. The molecular weight excluding hydrogens is 232 g/mol. The van der Waals surface area contributed by atoms with Crippen molar-refractivity contribution in [2.24, 2.45) is 5.73 Å². The first-order chi connectivity index (χ1) is 8.58. The maximum absolute atomic E-state index is 10.9. The van der Waals surface area contributed by atoms with Gasteiger partial charge in [-0.3, -0.25) is 4.79 Å². The van der Waals surface area contributed by atoms with Crippen LogP contribution in [0.1, 0.15) is 19.4 Å². The number of primary amides is 1. The molecule has 0 saturated heterocycles. The summed E-state index contributed by atoms with van der Waals surface area (Å²) in [5, 5.41) is 3.03. The van der Waals surface area contributed by atoms with E-state index in [1.165, 1.54) is 0 Å². The molecule has 1 amide bonds. The molecule has 1 atom stereocenters. The zero-order valence-corrected chi connectivity index (χ0v) is 11.0. The molecule has 0 aliphatic heterocycles. The molecular formula is C13H20N2O3. The van der Waals surface area contributed by atoms with E-state index < -0.39 is 0 Å². The highest BCUT2D eigenvalue weighted by atomic mass is 16.5. The van der Waals surface area contributed by atoms with Gasteiger partial charge in [0.1, 0.15) is 0 Å². The number of benzene rings is 1. The van der Waals surface area contributed by atoms with Crippen molar-refractivity contribution in [2.75, 3.05) is 13.7 Å². The van der Waals surface area contributed by atoms with E-state index in [1.807, 2.05) is 25.1 Å². The Morgan fingerprint density at radius 2 is 2.17 bits per heavy atom. The summed E-state index contributed by atoms with van der Waals surface area (Å²) in [6.07, 6.45) is 0. The molecule has 0 radical (unpaired) electrons. The Hall–Kier alpha value is -1.75. The monoisotopic (exact) mass is 252 g/mol. The van der Waals surface area contributed by atoms with Crippen molar-refractivity contribution in [1.29, 1.82) is 0 Å². The summed E-state index contributed by atoms with van der Waals surface area (Å²) in [6, 6.07) is 5.30. The fraction of sp³-hybridized carbons (Fsp3) is 0.462. The van der Waals surface area contributed by atoms with E-state index in [-0.39, 0.29) is 11.9 Å². The van der Waals surface area contributed by atoms with E-state index in [9.17, 15) is 4.79 Å². The summed E-state index contributed by atoms with van der Waals surface area (Å²) in [6.45, 7) is 4.79. The molecule has 0 aliphatic carbocycles. The first-order valence-corrected chi connectivity index (χ1v) is 5.90. The van der Waals surface area contributed by atoms with Crippen LogP contribution in [0.15, 0.2) is 18.2 Å². The predicted octanol–water partition coefficient (Wildman–Crippen LogP) is 1.06. The minimum atomic E-state index is -0.368. The molecule has 0 spiro atoms. The van der Waals surface area contributed by atoms with Gasteiger partial charge in [-0.05, 0) is 31.5 Å². The van der Waals surface area contributed by atoms with Crippen molar-refractivity contribution in [2.45, 2.75) is 26.4 Å². The van der Waals surface area contributed by atoms with Gasteiger partial charge in [-0.2, -0.15) is 0 Å². The van der Waals surface area contributed by atoms with Gasteiger partial charge in [-0.25, -0.2) is 0 Å². The number of hydrogen-bond donors (Lipinski definition) is 2. The standard InChI is InChI=1S/C13H20N2O3/c1-4-18-11-6-5-10(7-12(11)17-3)8-15-9(2)13(14)16/h5-7,9,15H,4,8H2,1-3H3,(H2,14,16). The minimum absolute atomic E-state index is 0.359. The van der Waals surface area contributed by atoms with Gasteiger partial charge in [0.05, 0.1) is 19.8 Å². The summed E-state index contributed by atoms with van der Waals surface area (Å²) in [7, 11) is 1.60. The molecule has 100 valence electrons. The van der Waals surface area contributed by atoms with Gasteiger partial charge < -0.3 is 20.5 Å². The lowest BCUT2D eigenvalue weighted by molar-refractivity contribution is -0.119. The molecule has 5 heteroatoms. The molecule has 3 N–H and O–H groups in total. The molecule has 0 aliphatic rings. The lowest BCUT2D eigenvalue weighted by Crippen LogP contribution is -2.38. The van der Waals surface area contributed by atoms with Crippen molar-refractivity contribution in [3.05, 3.63) is 23.8 Å². The third kappa shape index (κ3) is 3.92. The van der Waals surface area contributed by atoms with Gasteiger partial charge in [-0.15, -0.1) is 0 Å². The highest BCUT2D eigenvalue weighted by molar-refractivity contribution is 5.79. The molecule has 1 rings (SSSR count). The number of nitrogens with two attached hydrogens (primary N) is 1. The van der Waals surface area contributed by atoms with Crippen LogP contribution in [0, 0.1) is 0 Å². The number of ether oxygens (including phenoxy) is 2. The molecule has 1 aromatic rings. The summed E-state index contributed by atoms with van der Waals surface area (Å²) < 4.78 is 10.7. The zero-order valence-electron chi connectivity index (χ0n) is 11.0. The van der Waals surface area contributed by atoms with Gasteiger partial charge in [0, 0.05) is 6.54 Å². The number of carbonyl (C=O) groups is 1. The van der Waals surface area contributed by atoms with Crippen molar-refractivity contribution < 1.29 is 14.3 Å². The number of methoxy groups -OCH3 is 1. The molecule has 1 unspecified atom stereocenters. The van der Waals surface area contributed by atoms with Crippen LogP contribution in [-0.4, -0.2) is 25.7 Å². The van der Waals surface area contributed by atoms with Crippen LogP contribution >= 0.6 is 0 Å². The number of hydrogen-bond acceptors (Lipinski definition) is 4. The summed E-state index contributed by atoms with van der Waals surface area (Å²) in [5.74, 6) is 1.03. The average molecular weight is 252 g/mol. The second kappa shape index (κ2) is 6.86. The molecule has 0 heterocycles. The van der Waals surface area contributed by atoms with Crippen molar-refractivity contribution >= 4 is 5.91 Å². The Morgan fingerprint density at radius 1 is 1.44 bits per heavy atom. The third-order valence-electron chi connectivity index (χ3n) is 2.57. The van der Waals surface area contributed by atoms with Crippen LogP contribution in [0.25, 0.3) is 0 Å². The molecule has 0 saturated carbocycles. The van der Waals surface area contributed by atoms with Gasteiger partial charge in [-0.1, -0.05) is 6.07 Å². The van der Waals surface area contributed by atoms with Crippen molar-refractivity contribution in [1.82, 2.24) is 5.32 Å². The largest absolute Gasteiger partial charge is 0.493 e. The van der Waals surface area contributed by atoms with E-state index in [2.05, 4.69) is 5.32 Å². The first kappa shape index (κ1) is 14.3. The topological polar surface area (TPSA) is 73.6 Å². The highest BCUT2D eigenvalue weighted by Crippen LogP contribution is 2.27. The second-order valence-electron chi connectivity index (χ2n) is 3.92. The third-order valence-corrected chi connectivity index (χ3v) is 2.57. The minimum Gasteiger partial charge on any atom is -0.493 e. The van der Waals surface area contributed by atoms with Crippen molar-refractivity contribution in [3.63, 3.8) is 0 Å². The second-order valence-corrected chi connectivity index (χ2v) is 3.92. The summed E-state index contributed by atoms with van der Waals surface area (Å²) in [4.78, 5) is 10.9. The summed E-state index contributed by atoms with van der Waals surface area (Å²) >= 11 is 0. The molecule has 0 aromatic heterocycles. The van der Waals surface area contributed by atoms with Gasteiger partial charge in [0.25, 0.3) is 0 Å². The Morgan fingerprint density at radius 3 is 2.72 bits per heavy atom. The molecule has 5 nitrogen and oxygen atoms in total. The van der Waals surface area contributed by atoms with Gasteiger partial charge in [0.15, 0.2) is 11.5 Å². The Bertz CT molecular complexity index is 407. The number of amides is 1. The van der Waals surface area contributed by atoms with Crippen LogP contribution in [-0.2, 0) is 11.3 Å². The fourth-order valence-corrected chi connectivity index (χ4v) is 1.47. The highest BCUT2D eigenvalue weighted by Gasteiger charge is 2.09. The maximum atomic E-state index is 10.9. The van der Waals surface area contributed by atoms with Crippen LogP contribution in [0.2, 0.25) is 0 Å². The zero-order chi connectivity index (χ0) is 13.5. The van der Waals surface area contributed by atoms with E-state index in [0.29, 0.717) is 24.7 Å². The SMILES string of the molecule is CCOc1ccc(CNC(C)C(N)=O)cc1OC. The first-order valence-electron chi connectivity index (χ1n) is 5.90. The predicted molar refractivity (Wildman–Crippen MR) is 69.7 cm³/mol. The van der Waals surface area contributed by atoms with Crippen LogP contribution in [0.4, 0.5) is 0 Å². The van der Waals surface area contributed by atoms with Crippen LogP contribution in [0.3, 0.4) is 0 Å². The normalized spacial score (nSPS) is 11.9.